The maximum Gasteiger partial charge on any atom is 0.387 e. The maximum absolute atomic E-state index is 13.3. The molecule has 0 aliphatic carbocycles. The van der Waals surface area contributed by atoms with Gasteiger partial charge in [0.25, 0.3) is 5.91 Å². The van der Waals surface area contributed by atoms with Crippen molar-refractivity contribution in [2.24, 2.45) is 0 Å². The molecule has 4 rings (SSSR count). The lowest BCUT2D eigenvalue weighted by atomic mass is 9.94. The van der Waals surface area contributed by atoms with Crippen LogP contribution in [0, 0.1) is 0 Å². The number of ether oxygens (including phenoxy) is 2. The van der Waals surface area contributed by atoms with E-state index in [1.54, 1.807) is 25.1 Å². The van der Waals surface area contributed by atoms with E-state index in [-0.39, 0.29) is 48.6 Å². The highest BCUT2D eigenvalue weighted by Crippen LogP contribution is 2.44. The number of carbonyl (C=O) groups excluding carboxylic acids is 4. The topological polar surface area (TPSA) is 102 Å². The Kier molecular flexibility index (Phi) is 6.08. The van der Waals surface area contributed by atoms with Crippen molar-refractivity contribution in [2.75, 3.05) is 6.61 Å². The number of piperidine rings is 1. The smallest absolute Gasteiger partial charge is 0.387 e. The van der Waals surface area contributed by atoms with E-state index in [0.29, 0.717) is 23.0 Å². The van der Waals surface area contributed by atoms with Gasteiger partial charge in [0.05, 0.1) is 6.61 Å². The first-order chi connectivity index (χ1) is 15.8. The SMILES string of the molecule is CCOc1cc(C=O)cc(-c2cccc3c2CN(C2CCC(=O)NC2=O)C3=O)c1OC(F)F. The van der Waals surface area contributed by atoms with Crippen LogP contribution in [0.2, 0.25) is 0 Å². The lowest BCUT2D eigenvalue weighted by Gasteiger charge is -2.29. The molecule has 1 saturated heterocycles. The van der Waals surface area contributed by atoms with E-state index >= 15 is 0 Å². The zero-order valence-electron chi connectivity index (χ0n) is 17.6. The molecule has 2 heterocycles. The number of carbonyl (C=O) groups is 4. The number of rotatable bonds is 7. The van der Waals surface area contributed by atoms with E-state index in [1.165, 1.54) is 17.0 Å². The Hall–Kier alpha value is -3.82. The third-order valence-corrected chi connectivity index (χ3v) is 5.59. The van der Waals surface area contributed by atoms with Crippen molar-refractivity contribution < 1.29 is 37.4 Å². The van der Waals surface area contributed by atoms with Crippen LogP contribution >= 0.6 is 0 Å². The predicted molar refractivity (Wildman–Crippen MR) is 111 cm³/mol. The van der Waals surface area contributed by atoms with Gasteiger partial charge >= 0.3 is 6.61 Å². The van der Waals surface area contributed by atoms with Gasteiger partial charge in [-0.3, -0.25) is 24.5 Å². The number of nitrogens with zero attached hydrogens (tertiary/aromatic N) is 1. The maximum atomic E-state index is 13.3. The number of imide groups is 1. The molecule has 0 aromatic heterocycles. The minimum atomic E-state index is -3.15. The first-order valence-electron chi connectivity index (χ1n) is 10.3. The number of fused-ring (bicyclic) bond motifs is 1. The van der Waals surface area contributed by atoms with Gasteiger partial charge in [-0.15, -0.1) is 0 Å². The van der Waals surface area contributed by atoms with E-state index in [2.05, 4.69) is 5.32 Å². The quantitative estimate of drug-likeness (QED) is 0.506. The number of benzene rings is 2. The van der Waals surface area contributed by atoms with Crippen molar-refractivity contribution in [3.8, 4) is 22.6 Å². The van der Waals surface area contributed by atoms with Crippen LogP contribution in [0.3, 0.4) is 0 Å². The van der Waals surface area contributed by atoms with Gasteiger partial charge < -0.3 is 14.4 Å². The summed E-state index contributed by atoms with van der Waals surface area (Å²) >= 11 is 0. The van der Waals surface area contributed by atoms with Gasteiger partial charge in [-0.05, 0) is 42.7 Å². The van der Waals surface area contributed by atoms with Crippen molar-refractivity contribution in [3.05, 3.63) is 47.0 Å². The second kappa shape index (κ2) is 8.97. The molecule has 2 aliphatic rings. The van der Waals surface area contributed by atoms with Crippen LogP contribution in [-0.4, -0.2) is 48.2 Å². The summed E-state index contributed by atoms with van der Waals surface area (Å²) < 4.78 is 36.7. The molecule has 8 nitrogen and oxygen atoms in total. The Balaban J connectivity index is 1.82. The average Bonchev–Trinajstić information content (AvgIpc) is 3.11. The van der Waals surface area contributed by atoms with E-state index in [9.17, 15) is 28.0 Å². The largest absolute Gasteiger partial charge is 0.490 e. The van der Waals surface area contributed by atoms with Gasteiger partial charge in [0.2, 0.25) is 11.8 Å². The number of alkyl halides is 2. The molecule has 172 valence electrons. The minimum absolute atomic E-state index is 0.0265. The van der Waals surface area contributed by atoms with Crippen molar-refractivity contribution in [1.29, 1.82) is 0 Å². The van der Waals surface area contributed by atoms with Crippen LogP contribution < -0.4 is 14.8 Å². The third kappa shape index (κ3) is 4.15. The average molecular weight is 458 g/mol. The first kappa shape index (κ1) is 22.4. The zero-order valence-corrected chi connectivity index (χ0v) is 17.6. The Bertz CT molecular complexity index is 1150. The number of hydrogen-bond acceptors (Lipinski definition) is 6. The van der Waals surface area contributed by atoms with Crippen LogP contribution in [-0.2, 0) is 16.1 Å². The van der Waals surface area contributed by atoms with Gasteiger partial charge in [0.1, 0.15) is 12.3 Å². The van der Waals surface area contributed by atoms with Gasteiger partial charge in [-0.1, -0.05) is 12.1 Å². The molecule has 10 heteroatoms. The number of halogens is 2. The summed E-state index contributed by atoms with van der Waals surface area (Å²) in [5, 5.41) is 2.24. The molecule has 2 aromatic rings. The third-order valence-electron chi connectivity index (χ3n) is 5.59. The molecule has 2 aliphatic heterocycles. The van der Waals surface area contributed by atoms with E-state index in [4.69, 9.17) is 9.47 Å². The van der Waals surface area contributed by atoms with Crippen molar-refractivity contribution in [3.63, 3.8) is 0 Å². The molecule has 0 radical (unpaired) electrons. The highest BCUT2D eigenvalue weighted by molar-refractivity contribution is 6.06. The molecule has 1 atom stereocenters. The zero-order chi connectivity index (χ0) is 23.7. The normalized spacial score (nSPS) is 17.8. The second-order valence-electron chi connectivity index (χ2n) is 7.56. The molecule has 3 amide bonds. The summed E-state index contributed by atoms with van der Waals surface area (Å²) in [5.74, 6) is -1.64. The molecule has 0 bridgehead atoms. The summed E-state index contributed by atoms with van der Waals surface area (Å²) in [6.45, 7) is -1.31. The summed E-state index contributed by atoms with van der Waals surface area (Å²) in [5.41, 5.74) is 1.54. The fraction of sp³-hybridized carbons (Fsp3) is 0.304. The monoisotopic (exact) mass is 458 g/mol. The molecule has 1 unspecified atom stereocenters. The van der Waals surface area contributed by atoms with Gasteiger partial charge in [0, 0.05) is 29.7 Å². The lowest BCUT2D eigenvalue weighted by molar-refractivity contribution is -0.136. The van der Waals surface area contributed by atoms with Crippen LogP contribution in [0.4, 0.5) is 8.78 Å². The van der Waals surface area contributed by atoms with Crippen molar-refractivity contribution in [2.45, 2.75) is 39.0 Å². The standard InChI is InChI=1S/C23H20F2N2O6/c1-2-32-18-9-12(11-28)8-15(20(18)33-23(24)25)13-4-3-5-14-16(13)10-27(22(14)31)17-6-7-19(29)26-21(17)30/h3-5,8-9,11,17,23H,2,6-7,10H2,1H3,(H,26,29,30). The van der Waals surface area contributed by atoms with E-state index in [0.717, 1.165) is 0 Å². The Morgan fingerprint density at radius 1 is 1.18 bits per heavy atom. The highest BCUT2D eigenvalue weighted by Gasteiger charge is 2.40. The molecule has 2 aromatic carbocycles. The number of aldehydes is 1. The van der Waals surface area contributed by atoms with E-state index < -0.39 is 30.4 Å². The van der Waals surface area contributed by atoms with Crippen LogP contribution in [0.15, 0.2) is 30.3 Å². The highest BCUT2D eigenvalue weighted by atomic mass is 19.3. The number of hydrogen-bond donors (Lipinski definition) is 1. The number of nitrogens with one attached hydrogen (secondary N) is 1. The molecule has 33 heavy (non-hydrogen) atoms. The predicted octanol–water partition coefficient (Wildman–Crippen LogP) is 2.93. The van der Waals surface area contributed by atoms with Gasteiger partial charge in [-0.2, -0.15) is 8.78 Å². The Morgan fingerprint density at radius 2 is 1.94 bits per heavy atom. The molecule has 0 saturated carbocycles. The molecule has 0 spiro atoms. The minimum Gasteiger partial charge on any atom is -0.490 e. The summed E-state index contributed by atoms with van der Waals surface area (Å²) in [6.07, 6.45) is 0.853. The molecule has 1 fully saturated rings. The van der Waals surface area contributed by atoms with E-state index in [1.807, 2.05) is 0 Å². The summed E-state index contributed by atoms with van der Waals surface area (Å²) in [7, 11) is 0. The lowest BCUT2D eigenvalue weighted by Crippen LogP contribution is -2.52. The Labute approximate surface area is 187 Å². The van der Waals surface area contributed by atoms with Crippen LogP contribution in [0.1, 0.15) is 46.0 Å². The van der Waals surface area contributed by atoms with Gasteiger partial charge in [0.15, 0.2) is 11.5 Å². The molecule has 1 N–H and O–H groups in total. The molecular weight excluding hydrogens is 438 g/mol. The van der Waals surface area contributed by atoms with Crippen molar-refractivity contribution >= 4 is 24.0 Å². The Morgan fingerprint density at radius 3 is 2.61 bits per heavy atom. The number of amides is 3. The first-order valence-corrected chi connectivity index (χ1v) is 10.3. The molecular formula is C23H20F2N2O6. The van der Waals surface area contributed by atoms with Crippen molar-refractivity contribution in [1.82, 2.24) is 10.2 Å². The summed E-state index contributed by atoms with van der Waals surface area (Å²) in [6, 6.07) is 6.66. The summed E-state index contributed by atoms with van der Waals surface area (Å²) in [4.78, 5) is 49.8. The fourth-order valence-electron chi connectivity index (χ4n) is 4.20. The van der Waals surface area contributed by atoms with Crippen LogP contribution in [0.25, 0.3) is 11.1 Å². The van der Waals surface area contributed by atoms with Gasteiger partial charge in [-0.25, -0.2) is 0 Å². The second-order valence-corrected chi connectivity index (χ2v) is 7.56. The fourth-order valence-corrected chi connectivity index (χ4v) is 4.20. The van der Waals surface area contributed by atoms with Crippen LogP contribution in [0.5, 0.6) is 11.5 Å².